The number of imidazole rings is 2. The molecule has 204 valence electrons. The van der Waals surface area contributed by atoms with Crippen molar-refractivity contribution in [2.24, 2.45) is 0 Å². The van der Waals surface area contributed by atoms with Crippen LogP contribution in [0.4, 0.5) is 0 Å². The van der Waals surface area contributed by atoms with Gasteiger partial charge in [-0.15, -0.1) is 0 Å². The largest absolute Gasteiger partial charge is 0.507 e. The molecule has 8 nitrogen and oxygen atoms in total. The van der Waals surface area contributed by atoms with Crippen LogP contribution >= 0.6 is 0 Å². The highest BCUT2D eigenvalue weighted by atomic mass is 16.3. The van der Waals surface area contributed by atoms with E-state index in [1.54, 1.807) is 8.80 Å². The zero-order valence-electron chi connectivity index (χ0n) is 22.6. The number of benzene rings is 7. The molecule has 11 aromatic rings. The van der Waals surface area contributed by atoms with Crippen LogP contribution in [0.15, 0.2) is 94.5 Å². The molecular weight excluding hydrogens is 552 g/mol. The molecule has 8 heteroatoms. The molecule has 4 aromatic heterocycles. The minimum Gasteiger partial charge on any atom is -0.507 e. The quantitative estimate of drug-likeness (QED) is 0.157. The van der Waals surface area contributed by atoms with Gasteiger partial charge in [-0.3, -0.25) is 18.4 Å². The van der Waals surface area contributed by atoms with E-state index in [1.165, 1.54) is 12.1 Å². The van der Waals surface area contributed by atoms with Gasteiger partial charge in [0.1, 0.15) is 22.8 Å². The Kier molecular flexibility index (Phi) is 3.56. The second-order valence-electron chi connectivity index (χ2n) is 11.6. The van der Waals surface area contributed by atoms with Crippen molar-refractivity contribution in [2.45, 2.75) is 0 Å². The fourth-order valence-corrected chi connectivity index (χ4v) is 7.83. The maximum absolute atomic E-state index is 14.0. The molecule has 0 fully saturated rings. The summed E-state index contributed by atoms with van der Waals surface area (Å²) in [6, 6.07) is 25.9. The number of nitrogens with zero attached hydrogens (tertiary/aromatic N) is 4. The summed E-state index contributed by atoms with van der Waals surface area (Å²) in [5.41, 5.74) is 3.34. The summed E-state index contributed by atoms with van der Waals surface area (Å²) in [6.07, 6.45) is 0. The standard InChI is InChI=1S/C36H16N4O4/c41-25-13-19-27-17(33-37-21-5-1-3-7-23(21)39(33)35(19)43)11-9-15-16-10-12-18-28-20(14-26(42)32(30(16)28)31(25)29(15)27)36(44)40-24-8-4-2-6-22(24)38-34(18)40/h1-14,41-42H. The van der Waals surface area contributed by atoms with E-state index in [2.05, 4.69) is 0 Å². The summed E-state index contributed by atoms with van der Waals surface area (Å²) >= 11 is 0. The van der Waals surface area contributed by atoms with Crippen LogP contribution in [0.1, 0.15) is 0 Å². The van der Waals surface area contributed by atoms with Gasteiger partial charge in [-0.2, -0.15) is 0 Å². The van der Waals surface area contributed by atoms with Crippen molar-refractivity contribution in [1.82, 2.24) is 18.8 Å². The van der Waals surface area contributed by atoms with E-state index in [9.17, 15) is 19.8 Å². The Morgan fingerprint density at radius 3 is 1.32 bits per heavy atom. The van der Waals surface area contributed by atoms with E-state index in [0.717, 1.165) is 21.5 Å². The number of hydrogen-bond acceptors (Lipinski definition) is 6. The first kappa shape index (κ1) is 22.3. The van der Waals surface area contributed by atoms with Crippen LogP contribution in [-0.2, 0) is 0 Å². The Morgan fingerprint density at radius 2 is 0.864 bits per heavy atom. The summed E-state index contributed by atoms with van der Waals surface area (Å²) in [5.74, 6) is -0.244. The first-order valence-corrected chi connectivity index (χ1v) is 14.2. The van der Waals surface area contributed by atoms with Crippen molar-refractivity contribution < 1.29 is 10.2 Å². The second kappa shape index (κ2) is 7.02. The third-order valence-electron chi connectivity index (χ3n) is 9.53. The smallest absolute Gasteiger partial charge is 0.264 e. The third-order valence-corrected chi connectivity index (χ3v) is 9.53. The van der Waals surface area contributed by atoms with Crippen LogP contribution in [0, 0.1) is 0 Å². The van der Waals surface area contributed by atoms with Crippen LogP contribution in [0.3, 0.4) is 0 Å². The average Bonchev–Trinajstić information content (AvgIpc) is 3.62. The van der Waals surface area contributed by atoms with Gasteiger partial charge in [0.2, 0.25) is 0 Å². The molecular formula is C36H16N4O4. The molecule has 0 spiro atoms. The third kappa shape index (κ3) is 2.27. The lowest BCUT2D eigenvalue weighted by Crippen LogP contribution is -2.14. The van der Waals surface area contributed by atoms with E-state index in [1.807, 2.05) is 72.8 Å². The summed E-state index contributed by atoms with van der Waals surface area (Å²) in [5, 5.41) is 30.8. The molecule has 2 N–H and O–H groups in total. The maximum Gasteiger partial charge on any atom is 0.264 e. The van der Waals surface area contributed by atoms with E-state index >= 15 is 0 Å². The molecule has 44 heavy (non-hydrogen) atoms. The molecule has 0 saturated heterocycles. The van der Waals surface area contributed by atoms with Crippen LogP contribution in [0.5, 0.6) is 11.5 Å². The van der Waals surface area contributed by atoms with Crippen LogP contribution in [-0.4, -0.2) is 29.0 Å². The number of pyridine rings is 2. The fourth-order valence-electron chi connectivity index (χ4n) is 7.83. The Bertz CT molecular complexity index is 3010. The van der Waals surface area contributed by atoms with Crippen molar-refractivity contribution in [2.75, 3.05) is 0 Å². The van der Waals surface area contributed by atoms with Crippen molar-refractivity contribution in [1.29, 1.82) is 0 Å². The normalized spacial score (nSPS) is 12.9. The maximum atomic E-state index is 14.0. The molecule has 7 aromatic carbocycles. The Labute approximate surface area is 243 Å². The fraction of sp³-hybridized carbons (Fsp3) is 0. The van der Waals surface area contributed by atoms with Gasteiger partial charge < -0.3 is 10.2 Å². The summed E-state index contributed by atoms with van der Waals surface area (Å²) in [7, 11) is 0. The molecule has 4 heterocycles. The first-order valence-electron chi connectivity index (χ1n) is 14.2. The molecule has 0 aliphatic carbocycles. The number of hydrogen-bond donors (Lipinski definition) is 2. The summed E-state index contributed by atoms with van der Waals surface area (Å²) in [4.78, 5) is 37.7. The number of rotatable bonds is 0. The summed E-state index contributed by atoms with van der Waals surface area (Å²) in [6.45, 7) is 0. The Balaban J connectivity index is 1.44. The minimum absolute atomic E-state index is 0.122. The lowest BCUT2D eigenvalue weighted by molar-refractivity contribution is 0.478. The molecule has 11 rings (SSSR count). The molecule has 0 atom stereocenters. The van der Waals surface area contributed by atoms with Crippen molar-refractivity contribution in [3.05, 3.63) is 106 Å². The predicted octanol–water partition coefficient (Wildman–Crippen LogP) is 6.65. The van der Waals surface area contributed by atoms with Crippen LogP contribution in [0.2, 0.25) is 0 Å². The van der Waals surface area contributed by atoms with E-state index in [0.29, 0.717) is 76.5 Å². The predicted molar refractivity (Wildman–Crippen MR) is 173 cm³/mol. The molecule has 0 aliphatic heterocycles. The van der Waals surface area contributed by atoms with Gasteiger partial charge in [0, 0.05) is 43.1 Å². The van der Waals surface area contributed by atoms with E-state index in [4.69, 9.17) is 9.97 Å². The molecule has 0 unspecified atom stereocenters. The van der Waals surface area contributed by atoms with Gasteiger partial charge >= 0.3 is 0 Å². The molecule has 0 saturated carbocycles. The minimum atomic E-state index is -0.273. The van der Waals surface area contributed by atoms with Crippen LogP contribution < -0.4 is 11.1 Å². The average molecular weight is 569 g/mol. The van der Waals surface area contributed by atoms with Gasteiger partial charge in [-0.1, -0.05) is 36.4 Å². The van der Waals surface area contributed by atoms with E-state index in [-0.39, 0.29) is 22.6 Å². The van der Waals surface area contributed by atoms with Crippen molar-refractivity contribution in [3.63, 3.8) is 0 Å². The lowest BCUT2D eigenvalue weighted by atomic mass is 9.85. The van der Waals surface area contributed by atoms with Crippen molar-refractivity contribution in [3.8, 4) is 11.5 Å². The first-order chi connectivity index (χ1) is 21.5. The van der Waals surface area contributed by atoms with Crippen LogP contribution in [0.25, 0.3) is 98.0 Å². The van der Waals surface area contributed by atoms with Gasteiger partial charge in [-0.25, -0.2) is 9.97 Å². The number of phenols is 2. The molecule has 0 aliphatic rings. The Morgan fingerprint density at radius 1 is 0.455 bits per heavy atom. The highest BCUT2D eigenvalue weighted by molar-refractivity contribution is 6.42. The molecule has 0 bridgehead atoms. The zero-order valence-corrected chi connectivity index (χ0v) is 22.6. The Hall–Kier alpha value is -6.28. The number of para-hydroxylation sites is 4. The highest BCUT2D eigenvalue weighted by Crippen LogP contribution is 2.50. The SMILES string of the molecule is O=c1c2cc(O)c3c4c(O)cc5c(=O)n6c7ccccc7nc6c6ccc(c7ccc(c2c73)c2nc3ccccc3n12)c4c56. The topological polar surface area (TPSA) is 109 Å². The molecule has 0 radical (unpaired) electrons. The number of aromatic hydroxyl groups is 2. The second-order valence-corrected chi connectivity index (χ2v) is 11.6. The highest BCUT2D eigenvalue weighted by Gasteiger charge is 2.27. The monoisotopic (exact) mass is 568 g/mol. The van der Waals surface area contributed by atoms with Crippen molar-refractivity contribution >= 4 is 98.0 Å². The van der Waals surface area contributed by atoms with Gasteiger partial charge in [0.15, 0.2) is 0 Å². The number of fused-ring (bicyclic) bond motifs is 10. The van der Waals surface area contributed by atoms with Gasteiger partial charge in [0.05, 0.1) is 32.8 Å². The van der Waals surface area contributed by atoms with E-state index < -0.39 is 0 Å². The summed E-state index contributed by atoms with van der Waals surface area (Å²) < 4.78 is 3.21. The van der Waals surface area contributed by atoms with Gasteiger partial charge in [0.25, 0.3) is 11.1 Å². The molecule has 0 amide bonds. The van der Waals surface area contributed by atoms with Gasteiger partial charge in [-0.05, 0) is 59.3 Å². The lowest BCUT2D eigenvalue weighted by Gasteiger charge is -2.19. The number of aromatic nitrogens is 4. The number of phenolic OH excluding ortho intramolecular Hbond substituents is 2. The zero-order chi connectivity index (χ0) is 29.2.